The first-order valence-corrected chi connectivity index (χ1v) is 10.1. The number of rotatable bonds is 2. The Kier molecular flexibility index (Phi) is 4.79. The summed E-state index contributed by atoms with van der Waals surface area (Å²) in [4.78, 5) is 0. The third-order valence-electron chi connectivity index (χ3n) is 7.33. The van der Waals surface area contributed by atoms with E-state index >= 15 is 0 Å². The van der Waals surface area contributed by atoms with Crippen LogP contribution in [0, 0.1) is 36.5 Å². The highest BCUT2D eigenvalue weighted by Crippen LogP contribution is 2.48. The maximum atomic E-state index is 12.5. The van der Waals surface area contributed by atoms with E-state index in [0.29, 0.717) is 5.92 Å². The van der Waals surface area contributed by atoms with Gasteiger partial charge >= 0.3 is 0 Å². The summed E-state index contributed by atoms with van der Waals surface area (Å²) in [7, 11) is 0. The van der Waals surface area contributed by atoms with Gasteiger partial charge in [0.1, 0.15) is 0 Å². The predicted molar refractivity (Wildman–Crippen MR) is 98.6 cm³/mol. The summed E-state index contributed by atoms with van der Waals surface area (Å²) in [6, 6.07) is 7.08. The molecule has 0 spiro atoms. The Morgan fingerprint density at radius 2 is 1.62 bits per heavy atom. The summed E-state index contributed by atoms with van der Waals surface area (Å²) < 4.78 is 12.5. The zero-order chi connectivity index (χ0) is 16.5. The molecule has 0 nitrogen and oxygen atoms in total. The van der Waals surface area contributed by atoms with Crippen molar-refractivity contribution in [3.63, 3.8) is 0 Å². The summed E-state index contributed by atoms with van der Waals surface area (Å²) in [6.45, 7) is 2.21. The molecule has 3 aliphatic carbocycles. The van der Waals surface area contributed by atoms with E-state index in [-0.39, 0.29) is 0 Å². The molecular formula is C23H31F. The van der Waals surface area contributed by atoms with E-state index in [4.69, 9.17) is 0 Å². The van der Waals surface area contributed by atoms with Gasteiger partial charge in [0.25, 0.3) is 0 Å². The molecular weight excluding hydrogens is 295 g/mol. The fourth-order valence-corrected chi connectivity index (χ4v) is 5.98. The van der Waals surface area contributed by atoms with Gasteiger partial charge in [-0.15, -0.1) is 0 Å². The minimum absolute atomic E-state index is 0.512. The van der Waals surface area contributed by atoms with Crippen molar-refractivity contribution < 1.29 is 4.39 Å². The second-order valence-electron chi connectivity index (χ2n) is 8.76. The van der Waals surface area contributed by atoms with Gasteiger partial charge in [0.05, 0.1) is 6.33 Å². The van der Waals surface area contributed by atoms with Crippen LogP contribution in [-0.2, 0) is 12.8 Å². The summed E-state index contributed by atoms with van der Waals surface area (Å²) >= 11 is 0. The van der Waals surface area contributed by atoms with Crippen LogP contribution in [0.15, 0.2) is 30.6 Å². The molecule has 4 rings (SSSR count). The van der Waals surface area contributed by atoms with Crippen molar-refractivity contribution in [2.45, 2.75) is 64.7 Å². The molecule has 3 aliphatic rings. The van der Waals surface area contributed by atoms with Crippen molar-refractivity contribution in [3.8, 4) is 0 Å². The molecule has 0 saturated heterocycles. The van der Waals surface area contributed by atoms with Gasteiger partial charge in [0.2, 0.25) is 0 Å². The minimum atomic E-state index is 0.512. The van der Waals surface area contributed by atoms with Crippen LogP contribution in [0.5, 0.6) is 0 Å². The molecule has 2 fully saturated rings. The highest BCUT2D eigenvalue weighted by Gasteiger charge is 2.38. The van der Waals surface area contributed by atoms with Crippen LogP contribution in [0.2, 0.25) is 0 Å². The average molecular weight is 326 g/mol. The predicted octanol–water partition coefficient (Wildman–Crippen LogP) is 6.42. The molecule has 130 valence electrons. The molecule has 0 amide bonds. The molecule has 0 aliphatic heterocycles. The van der Waals surface area contributed by atoms with Gasteiger partial charge < -0.3 is 0 Å². The van der Waals surface area contributed by atoms with Crippen molar-refractivity contribution in [3.05, 3.63) is 47.3 Å². The Balaban J connectivity index is 1.38. The Labute approximate surface area is 146 Å². The van der Waals surface area contributed by atoms with E-state index in [1.54, 1.807) is 11.1 Å². The topological polar surface area (TPSA) is 0 Å². The zero-order valence-electron chi connectivity index (χ0n) is 15.0. The van der Waals surface area contributed by atoms with E-state index in [1.807, 2.05) is 6.08 Å². The van der Waals surface area contributed by atoms with Crippen LogP contribution in [0.4, 0.5) is 4.39 Å². The van der Waals surface area contributed by atoms with Crippen LogP contribution in [0.25, 0.3) is 0 Å². The van der Waals surface area contributed by atoms with Crippen molar-refractivity contribution >= 4 is 0 Å². The second-order valence-corrected chi connectivity index (χ2v) is 8.76. The van der Waals surface area contributed by atoms with Gasteiger partial charge in [-0.3, -0.25) is 0 Å². The van der Waals surface area contributed by atoms with Crippen molar-refractivity contribution in [1.82, 2.24) is 0 Å². The maximum absolute atomic E-state index is 12.5. The quantitative estimate of drug-likeness (QED) is 0.588. The van der Waals surface area contributed by atoms with Crippen LogP contribution in [0.1, 0.15) is 61.6 Å². The lowest BCUT2D eigenvalue weighted by Crippen LogP contribution is -2.34. The number of hydrogen-bond acceptors (Lipinski definition) is 0. The zero-order valence-corrected chi connectivity index (χ0v) is 15.0. The molecule has 5 unspecified atom stereocenters. The number of benzene rings is 1. The summed E-state index contributed by atoms with van der Waals surface area (Å²) in [6.07, 6.45) is 14.6. The Hall–Kier alpha value is -1.11. The van der Waals surface area contributed by atoms with Gasteiger partial charge in [0, 0.05) is 0 Å². The molecule has 0 bridgehead atoms. The summed E-state index contributed by atoms with van der Waals surface area (Å²) in [5.41, 5.74) is 4.64. The molecule has 2 saturated carbocycles. The molecule has 1 aromatic rings. The highest BCUT2D eigenvalue weighted by atomic mass is 19.1. The fraction of sp³-hybridized carbons (Fsp3) is 0.652. The van der Waals surface area contributed by atoms with E-state index < -0.39 is 0 Å². The standard InChI is InChI=1S/C23H31F/c1-16-2-4-20-14-22(8-6-18(20)12-16)23-9-7-19-13-17(10-11-24)3-5-21(19)15-23/h2,4,10-12,17,19,21-23H,3,5-9,13-15H2,1H3/b11-10+. The monoisotopic (exact) mass is 326 g/mol. The third kappa shape index (κ3) is 3.32. The molecule has 1 aromatic carbocycles. The van der Waals surface area contributed by atoms with Gasteiger partial charge in [0.15, 0.2) is 0 Å². The first-order valence-electron chi connectivity index (χ1n) is 10.1. The smallest absolute Gasteiger partial charge is 0.0829 e. The number of aryl methyl sites for hydroxylation is 2. The SMILES string of the molecule is Cc1ccc2c(c1)CCC(C1CCC3CC(/C=C/F)CCC3C1)C2. The molecule has 0 N–H and O–H groups in total. The van der Waals surface area contributed by atoms with Gasteiger partial charge in [-0.25, -0.2) is 4.39 Å². The van der Waals surface area contributed by atoms with E-state index in [9.17, 15) is 4.39 Å². The highest BCUT2D eigenvalue weighted by molar-refractivity contribution is 5.33. The number of allylic oxidation sites excluding steroid dienone is 1. The molecule has 0 radical (unpaired) electrons. The summed E-state index contributed by atoms with van der Waals surface area (Å²) in [5.74, 6) is 4.15. The van der Waals surface area contributed by atoms with E-state index in [1.165, 1.54) is 63.4 Å². The third-order valence-corrected chi connectivity index (χ3v) is 7.33. The van der Waals surface area contributed by atoms with Crippen LogP contribution < -0.4 is 0 Å². The first-order chi connectivity index (χ1) is 11.7. The van der Waals surface area contributed by atoms with Gasteiger partial charge in [-0.2, -0.15) is 0 Å². The van der Waals surface area contributed by atoms with E-state index in [0.717, 1.165) is 30.0 Å². The van der Waals surface area contributed by atoms with E-state index in [2.05, 4.69) is 25.1 Å². The van der Waals surface area contributed by atoms with Crippen molar-refractivity contribution in [2.75, 3.05) is 0 Å². The number of halogens is 1. The Bertz CT molecular complexity index is 602. The maximum Gasteiger partial charge on any atom is 0.0829 e. The largest absolute Gasteiger partial charge is 0.216 e. The Morgan fingerprint density at radius 1 is 0.875 bits per heavy atom. The lowest BCUT2D eigenvalue weighted by atomic mass is 9.61. The van der Waals surface area contributed by atoms with Crippen molar-refractivity contribution in [1.29, 1.82) is 0 Å². The first kappa shape index (κ1) is 16.4. The second kappa shape index (κ2) is 7.02. The molecule has 0 heterocycles. The lowest BCUT2D eigenvalue weighted by molar-refractivity contribution is 0.0809. The normalized spacial score (nSPS) is 36.3. The number of hydrogen-bond donors (Lipinski definition) is 0. The molecule has 24 heavy (non-hydrogen) atoms. The molecule has 1 heteroatoms. The Morgan fingerprint density at radius 3 is 2.46 bits per heavy atom. The van der Waals surface area contributed by atoms with Gasteiger partial charge in [-0.05, 0) is 105 Å². The molecule has 0 aromatic heterocycles. The van der Waals surface area contributed by atoms with Crippen LogP contribution in [-0.4, -0.2) is 0 Å². The number of fused-ring (bicyclic) bond motifs is 2. The van der Waals surface area contributed by atoms with Crippen LogP contribution >= 0.6 is 0 Å². The average Bonchev–Trinajstić information content (AvgIpc) is 2.61. The lowest BCUT2D eigenvalue weighted by Gasteiger charge is -2.44. The van der Waals surface area contributed by atoms with Crippen molar-refractivity contribution in [2.24, 2.45) is 29.6 Å². The minimum Gasteiger partial charge on any atom is -0.216 e. The summed E-state index contributed by atoms with van der Waals surface area (Å²) in [5, 5.41) is 0. The molecule has 5 atom stereocenters. The van der Waals surface area contributed by atoms with Gasteiger partial charge in [-0.1, -0.05) is 29.8 Å². The fourth-order valence-electron chi connectivity index (χ4n) is 5.98. The van der Waals surface area contributed by atoms with Crippen LogP contribution in [0.3, 0.4) is 0 Å².